The summed E-state index contributed by atoms with van der Waals surface area (Å²) in [6.07, 6.45) is 0.0831. The minimum atomic E-state index is -1.05. The quantitative estimate of drug-likeness (QED) is 0.761. The van der Waals surface area contributed by atoms with Crippen LogP contribution in [-0.2, 0) is 19.1 Å². The Morgan fingerprint density at radius 3 is 2.69 bits per heavy atom. The van der Waals surface area contributed by atoms with Crippen molar-refractivity contribution in [2.24, 2.45) is 0 Å². The summed E-state index contributed by atoms with van der Waals surface area (Å²) in [7, 11) is 0. The molecule has 1 aromatic rings. The monoisotopic (exact) mass is 416 g/mol. The number of fused-ring (bicyclic) bond motifs is 1. The van der Waals surface area contributed by atoms with Crippen LogP contribution in [0.1, 0.15) is 26.7 Å². The molecule has 140 valence electrons. The number of benzene rings is 1. The number of anilines is 1. The third-order valence-corrected chi connectivity index (χ3v) is 6.73. The Bertz CT molecular complexity index is 755. The summed E-state index contributed by atoms with van der Waals surface area (Å²) < 4.78 is 5.31. The molecule has 9 heteroatoms. The van der Waals surface area contributed by atoms with Crippen LogP contribution in [0, 0.1) is 0 Å². The number of carbonyl (C=O) groups is 3. The van der Waals surface area contributed by atoms with Crippen molar-refractivity contribution in [3.05, 3.63) is 28.2 Å². The molecular formula is C17H18Cl2N2O4S. The van der Waals surface area contributed by atoms with Gasteiger partial charge in [0.1, 0.15) is 6.04 Å². The van der Waals surface area contributed by atoms with Crippen molar-refractivity contribution in [1.29, 1.82) is 0 Å². The van der Waals surface area contributed by atoms with Crippen molar-refractivity contribution in [2.75, 3.05) is 11.1 Å². The number of hydrogen-bond donors (Lipinski definition) is 1. The highest BCUT2D eigenvalue weighted by Gasteiger charge is 2.53. The topological polar surface area (TPSA) is 75.7 Å². The first-order chi connectivity index (χ1) is 12.2. The van der Waals surface area contributed by atoms with E-state index >= 15 is 0 Å². The van der Waals surface area contributed by atoms with E-state index in [1.165, 1.54) is 6.92 Å². The lowest BCUT2D eigenvalue weighted by atomic mass is 10.2. The highest BCUT2D eigenvalue weighted by Crippen LogP contribution is 2.47. The molecular weight excluding hydrogens is 399 g/mol. The number of hydrogen-bond acceptors (Lipinski definition) is 5. The van der Waals surface area contributed by atoms with Crippen LogP contribution < -0.4 is 5.32 Å². The second-order valence-corrected chi connectivity index (χ2v) is 8.75. The first-order valence-electron chi connectivity index (χ1n) is 8.14. The summed E-state index contributed by atoms with van der Waals surface area (Å²) in [5, 5.41) is 3.15. The van der Waals surface area contributed by atoms with Gasteiger partial charge >= 0.3 is 5.97 Å². The Hall–Kier alpha value is -1.44. The van der Waals surface area contributed by atoms with E-state index in [0.29, 0.717) is 18.6 Å². The van der Waals surface area contributed by atoms with E-state index in [4.69, 9.17) is 27.9 Å². The summed E-state index contributed by atoms with van der Waals surface area (Å²) in [6.45, 7) is 3.41. The van der Waals surface area contributed by atoms with Crippen molar-refractivity contribution in [3.63, 3.8) is 0 Å². The van der Waals surface area contributed by atoms with Crippen LogP contribution in [-0.4, -0.2) is 45.5 Å². The molecule has 0 saturated carbocycles. The van der Waals surface area contributed by atoms with Gasteiger partial charge in [-0.3, -0.25) is 9.59 Å². The summed E-state index contributed by atoms with van der Waals surface area (Å²) in [5.41, 5.74) is 0.266. The average Bonchev–Trinajstić information content (AvgIpc) is 3.07. The Morgan fingerprint density at radius 1 is 1.38 bits per heavy atom. The molecule has 3 atom stereocenters. The lowest BCUT2D eigenvalue weighted by Crippen LogP contribution is -2.48. The maximum atomic E-state index is 12.5. The molecule has 2 fully saturated rings. The summed E-state index contributed by atoms with van der Waals surface area (Å²) >= 11 is 13.6. The van der Waals surface area contributed by atoms with E-state index < -0.39 is 24.0 Å². The van der Waals surface area contributed by atoms with Gasteiger partial charge in [0.25, 0.3) is 5.91 Å². The van der Waals surface area contributed by atoms with Gasteiger partial charge in [-0.15, -0.1) is 11.8 Å². The third-order valence-electron chi connectivity index (χ3n) is 4.59. The molecule has 1 N–H and O–H groups in total. The number of esters is 1. The zero-order valence-electron chi connectivity index (χ0n) is 14.3. The number of halogens is 2. The number of nitrogens with zero attached hydrogens (tertiary/aromatic N) is 1. The van der Waals surface area contributed by atoms with E-state index in [9.17, 15) is 14.4 Å². The molecule has 0 unspecified atom stereocenters. The largest absolute Gasteiger partial charge is 0.451 e. The van der Waals surface area contributed by atoms with Gasteiger partial charge in [0.05, 0.1) is 20.6 Å². The number of rotatable bonds is 4. The molecule has 26 heavy (non-hydrogen) atoms. The third kappa shape index (κ3) is 3.52. The number of carbonyl (C=O) groups excluding carboxylic acids is 3. The van der Waals surface area contributed by atoms with Crippen molar-refractivity contribution in [2.45, 2.75) is 43.7 Å². The van der Waals surface area contributed by atoms with E-state index in [2.05, 4.69) is 5.32 Å². The van der Waals surface area contributed by atoms with Gasteiger partial charge in [0.15, 0.2) is 6.10 Å². The van der Waals surface area contributed by atoms with Crippen LogP contribution in [0.5, 0.6) is 0 Å². The highest BCUT2D eigenvalue weighted by atomic mass is 35.5. The molecule has 0 bridgehead atoms. The Kier molecular flexibility index (Phi) is 5.42. The van der Waals surface area contributed by atoms with E-state index in [1.54, 1.807) is 34.9 Å². The highest BCUT2D eigenvalue weighted by molar-refractivity contribution is 8.01. The number of ether oxygens (including phenoxy) is 1. The van der Waals surface area contributed by atoms with Crippen molar-refractivity contribution < 1.29 is 19.1 Å². The van der Waals surface area contributed by atoms with Gasteiger partial charge in [0, 0.05) is 12.2 Å². The molecule has 1 aromatic carbocycles. The van der Waals surface area contributed by atoms with Gasteiger partial charge < -0.3 is 15.0 Å². The lowest BCUT2D eigenvalue weighted by Gasteiger charge is -2.29. The molecule has 0 aliphatic carbocycles. The maximum Gasteiger partial charge on any atom is 0.330 e. The molecule has 3 rings (SSSR count). The van der Waals surface area contributed by atoms with Crippen molar-refractivity contribution in [1.82, 2.24) is 4.90 Å². The summed E-state index contributed by atoms with van der Waals surface area (Å²) in [6, 6.07) is 4.18. The second kappa shape index (κ2) is 7.29. The summed E-state index contributed by atoms with van der Waals surface area (Å²) in [5.74, 6) is -0.718. The second-order valence-electron chi connectivity index (χ2n) is 6.43. The standard InChI is InChI=1S/C17H18Cl2N2O4S/c1-9(15(23)20-14-10(18)4-3-5-11(14)19)25-16(24)12-8-26-17(2)7-6-13(22)21(12)17/h3-5,9,12H,6-8H2,1-2H3,(H,20,23)/t9-,12+,17-/m0/s1. The normalized spacial score (nSPS) is 25.8. The van der Waals surface area contributed by atoms with Crippen LogP contribution in [0.4, 0.5) is 5.69 Å². The summed E-state index contributed by atoms with van der Waals surface area (Å²) in [4.78, 5) is 38.2. The van der Waals surface area contributed by atoms with Gasteiger partial charge in [-0.25, -0.2) is 4.79 Å². The van der Waals surface area contributed by atoms with Crippen LogP contribution in [0.15, 0.2) is 18.2 Å². The molecule has 2 aliphatic rings. The molecule has 0 aromatic heterocycles. The Morgan fingerprint density at radius 2 is 2.04 bits per heavy atom. The number of thioether (sulfide) groups is 1. The van der Waals surface area contributed by atoms with Gasteiger partial charge in [-0.05, 0) is 32.4 Å². The zero-order chi connectivity index (χ0) is 19.1. The fraction of sp³-hybridized carbons (Fsp3) is 0.471. The van der Waals surface area contributed by atoms with Crippen molar-refractivity contribution in [3.8, 4) is 0 Å². The van der Waals surface area contributed by atoms with Gasteiger partial charge in [-0.2, -0.15) is 0 Å². The fourth-order valence-corrected chi connectivity index (χ4v) is 5.05. The van der Waals surface area contributed by atoms with Gasteiger partial charge in [-0.1, -0.05) is 29.3 Å². The minimum Gasteiger partial charge on any atom is -0.451 e. The smallest absolute Gasteiger partial charge is 0.330 e. The Labute approximate surface area is 165 Å². The lowest BCUT2D eigenvalue weighted by molar-refractivity contribution is -0.160. The van der Waals surface area contributed by atoms with Crippen LogP contribution in [0.2, 0.25) is 10.0 Å². The molecule has 6 nitrogen and oxygen atoms in total. The molecule has 2 heterocycles. The Balaban J connectivity index is 1.64. The number of para-hydroxylation sites is 1. The van der Waals surface area contributed by atoms with Gasteiger partial charge in [0.2, 0.25) is 5.91 Å². The van der Waals surface area contributed by atoms with E-state index in [1.807, 2.05) is 6.92 Å². The number of amides is 2. The number of nitrogens with one attached hydrogen (secondary N) is 1. The molecule has 0 radical (unpaired) electrons. The SMILES string of the molecule is C[C@H](OC(=O)[C@H]1CS[C@@]2(C)CCC(=O)N12)C(=O)Nc1c(Cl)cccc1Cl. The van der Waals surface area contributed by atoms with Crippen LogP contribution in [0.3, 0.4) is 0 Å². The zero-order valence-corrected chi connectivity index (χ0v) is 16.6. The van der Waals surface area contributed by atoms with E-state index in [0.717, 1.165) is 0 Å². The molecule has 0 spiro atoms. The fourth-order valence-electron chi connectivity index (χ4n) is 3.14. The van der Waals surface area contributed by atoms with Crippen LogP contribution >= 0.6 is 35.0 Å². The minimum absolute atomic E-state index is 0.0561. The first-order valence-corrected chi connectivity index (χ1v) is 9.88. The molecule has 2 saturated heterocycles. The predicted octanol–water partition coefficient (Wildman–Crippen LogP) is 3.32. The molecule has 2 amide bonds. The first kappa shape index (κ1) is 19.3. The average molecular weight is 417 g/mol. The molecule has 2 aliphatic heterocycles. The van der Waals surface area contributed by atoms with E-state index in [-0.39, 0.29) is 26.5 Å². The van der Waals surface area contributed by atoms with Crippen LogP contribution in [0.25, 0.3) is 0 Å². The maximum absolute atomic E-state index is 12.5. The van der Waals surface area contributed by atoms with Crippen molar-refractivity contribution >= 4 is 58.4 Å². The predicted molar refractivity (Wildman–Crippen MR) is 101 cm³/mol.